The van der Waals surface area contributed by atoms with Gasteiger partial charge in [0.2, 0.25) is 0 Å². The van der Waals surface area contributed by atoms with Gasteiger partial charge in [-0.1, -0.05) is 34.2 Å². The molecule has 1 aliphatic heterocycles. The van der Waals surface area contributed by atoms with Crippen LogP contribution in [-0.2, 0) is 24.6 Å². The molecular weight excluding hydrogens is 468 g/mol. The van der Waals surface area contributed by atoms with E-state index in [4.69, 9.17) is 4.74 Å². The fourth-order valence-electron chi connectivity index (χ4n) is 5.57. The first-order chi connectivity index (χ1) is 15.4. The Bertz CT molecular complexity index is 1250. The number of aromatic nitrogens is 2. The maximum atomic E-state index is 13.3. The number of nitriles is 1. The van der Waals surface area contributed by atoms with Gasteiger partial charge in [0.15, 0.2) is 0 Å². The number of aryl methyl sites for hydroxylation is 2. The summed E-state index contributed by atoms with van der Waals surface area (Å²) < 4.78 is 8.26. The van der Waals surface area contributed by atoms with Crippen LogP contribution < -0.4 is 4.90 Å². The van der Waals surface area contributed by atoms with Crippen LogP contribution in [0.4, 0.5) is 5.69 Å². The zero-order chi connectivity index (χ0) is 22.7. The number of ether oxygens (including phenoxy) is 1. The van der Waals surface area contributed by atoms with Gasteiger partial charge in [-0.2, -0.15) is 10.4 Å². The van der Waals surface area contributed by atoms with Crippen LogP contribution in [0.2, 0.25) is 0 Å². The molecule has 2 unspecified atom stereocenters. The quantitative estimate of drug-likeness (QED) is 0.577. The number of rotatable bonds is 3. The number of hydrogen-bond donors (Lipinski definition) is 0. The van der Waals surface area contributed by atoms with Gasteiger partial charge in [-0.15, -0.1) is 0 Å². The van der Waals surface area contributed by atoms with Gasteiger partial charge in [0.25, 0.3) is 0 Å². The molecular formula is C25H25BrN4O2. The fourth-order valence-corrected chi connectivity index (χ4v) is 6.01. The third kappa shape index (κ3) is 2.89. The number of nitrogens with zero attached hydrogens (tertiary/aromatic N) is 4. The Morgan fingerprint density at radius 1 is 1.41 bits per heavy atom. The molecule has 2 atom stereocenters. The highest BCUT2D eigenvalue weighted by atomic mass is 79.9. The molecule has 6 nitrogen and oxygen atoms in total. The minimum absolute atomic E-state index is 0.00445. The number of halogens is 1. The van der Waals surface area contributed by atoms with E-state index in [-0.39, 0.29) is 24.6 Å². The normalized spacial score (nSPS) is 20.3. The molecule has 2 aromatic rings. The zero-order valence-corrected chi connectivity index (χ0v) is 20.2. The van der Waals surface area contributed by atoms with Gasteiger partial charge in [-0.05, 0) is 39.2 Å². The predicted octanol–water partition coefficient (Wildman–Crippen LogP) is 4.76. The highest BCUT2D eigenvalue weighted by Gasteiger charge is 2.45. The Hall–Kier alpha value is -2.85. The molecule has 164 valence electrons. The lowest BCUT2D eigenvalue weighted by molar-refractivity contribution is 0.0526. The summed E-state index contributed by atoms with van der Waals surface area (Å²) in [5, 5.41) is 15.0. The molecule has 0 amide bonds. The molecule has 1 aromatic carbocycles. The van der Waals surface area contributed by atoms with Gasteiger partial charge < -0.3 is 9.64 Å². The third-order valence-corrected chi connectivity index (χ3v) is 7.15. The Morgan fingerprint density at radius 3 is 2.88 bits per heavy atom. The van der Waals surface area contributed by atoms with Crippen LogP contribution in [0.5, 0.6) is 0 Å². The van der Waals surface area contributed by atoms with E-state index in [1.165, 1.54) is 0 Å². The van der Waals surface area contributed by atoms with Gasteiger partial charge in [0.05, 0.1) is 29.5 Å². The summed E-state index contributed by atoms with van der Waals surface area (Å²) in [5.74, 6) is -0.441. The molecule has 0 saturated carbocycles. The van der Waals surface area contributed by atoms with E-state index in [0.717, 1.165) is 51.0 Å². The van der Waals surface area contributed by atoms with Crippen LogP contribution in [0.25, 0.3) is 11.1 Å². The largest absolute Gasteiger partial charge is 0.462 e. The molecule has 2 heterocycles. The van der Waals surface area contributed by atoms with Crippen LogP contribution in [0.15, 0.2) is 28.9 Å². The molecule has 0 N–H and O–H groups in total. The number of esters is 1. The Balaban J connectivity index is 1.92. The summed E-state index contributed by atoms with van der Waals surface area (Å²) in [5.41, 5.74) is 6.71. The summed E-state index contributed by atoms with van der Waals surface area (Å²) in [4.78, 5) is 15.7. The van der Waals surface area contributed by atoms with Crippen molar-refractivity contribution in [3.63, 3.8) is 0 Å². The smallest absolute Gasteiger partial charge is 0.340 e. The van der Waals surface area contributed by atoms with Crippen LogP contribution in [0.3, 0.4) is 0 Å². The Morgan fingerprint density at radius 2 is 2.19 bits per heavy atom. The molecule has 7 heteroatoms. The minimum atomic E-state index is -0.436. The number of carbonyl (C=O) groups is 1. The second kappa shape index (κ2) is 7.63. The van der Waals surface area contributed by atoms with Crippen LogP contribution in [0, 0.1) is 11.3 Å². The van der Waals surface area contributed by atoms with Crippen molar-refractivity contribution in [3.8, 4) is 17.2 Å². The first kappa shape index (κ1) is 21.0. The number of carbonyl (C=O) groups excluding carboxylic acids is 1. The highest BCUT2D eigenvalue weighted by molar-refractivity contribution is 9.11. The second-order valence-electron chi connectivity index (χ2n) is 8.79. The average Bonchev–Trinajstić information content (AvgIpc) is 3.29. The maximum absolute atomic E-state index is 13.3. The molecule has 32 heavy (non-hydrogen) atoms. The van der Waals surface area contributed by atoms with Gasteiger partial charge in [-0.25, -0.2) is 4.79 Å². The summed E-state index contributed by atoms with van der Waals surface area (Å²) in [7, 11) is 1.89. The monoisotopic (exact) mass is 492 g/mol. The zero-order valence-electron chi connectivity index (χ0n) is 18.6. The molecule has 2 aliphatic carbocycles. The van der Waals surface area contributed by atoms with Crippen molar-refractivity contribution in [2.45, 2.75) is 51.6 Å². The molecule has 0 bridgehead atoms. The van der Waals surface area contributed by atoms with Crippen molar-refractivity contribution in [1.29, 1.82) is 5.26 Å². The lowest BCUT2D eigenvalue weighted by Crippen LogP contribution is -2.39. The van der Waals surface area contributed by atoms with Crippen molar-refractivity contribution in [2.75, 3.05) is 11.5 Å². The summed E-state index contributed by atoms with van der Waals surface area (Å²) in [6.07, 6.45) is 9.97. The second-order valence-corrected chi connectivity index (χ2v) is 9.70. The van der Waals surface area contributed by atoms with Gasteiger partial charge >= 0.3 is 5.97 Å². The van der Waals surface area contributed by atoms with E-state index in [2.05, 4.69) is 64.1 Å². The molecule has 0 fully saturated rings. The number of benzene rings is 1. The molecule has 3 aliphatic rings. The minimum Gasteiger partial charge on any atom is -0.462 e. The SMILES string of the molecule is CCOC(=O)c1c(C#N)c2c(c3c1-c1cn(C)nc1CC3)N(C(C)C)C1C=CC(Br)=CC21. The van der Waals surface area contributed by atoms with Gasteiger partial charge in [-0.3, -0.25) is 4.68 Å². The first-order valence-electron chi connectivity index (χ1n) is 11.0. The summed E-state index contributed by atoms with van der Waals surface area (Å²) >= 11 is 3.62. The lowest BCUT2D eigenvalue weighted by Gasteiger charge is -2.34. The lowest BCUT2D eigenvalue weighted by atomic mass is 9.78. The fraction of sp³-hybridized carbons (Fsp3) is 0.400. The first-order valence-corrected chi connectivity index (χ1v) is 11.8. The van der Waals surface area contributed by atoms with Crippen LogP contribution in [-0.4, -0.2) is 34.4 Å². The van der Waals surface area contributed by atoms with E-state index in [0.29, 0.717) is 11.1 Å². The maximum Gasteiger partial charge on any atom is 0.340 e. The third-order valence-electron chi connectivity index (χ3n) is 6.62. The molecule has 5 rings (SSSR count). The van der Waals surface area contributed by atoms with E-state index in [1.807, 2.05) is 13.2 Å². The summed E-state index contributed by atoms with van der Waals surface area (Å²) in [6, 6.07) is 2.75. The molecule has 0 radical (unpaired) electrons. The molecule has 0 saturated heterocycles. The van der Waals surface area contributed by atoms with E-state index >= 15 is 0 Å². The van der Waals surface area contributed by atoms with E-state index in [1.54, 1.807) is 11.6 Å². The van der Waals surface area contributed by atoms with Crippen molar-refractivity contribution >= 4 is 27.6 Å². The van der Waals surface area contributed by atoms with E-state index < -0.39 is 5.97 Å². The van der Waals surface area contributed by atoms with Crippen molar-refractivity contribution in [1.82, 2.24) is 9.78 Å². The van der Waals surface area contributed by atoms with E-state index in [9.17, 15) is 10.1 Å². The van der Waals surface area contributed by atoms with Gasteiger partial charge in [0, 0.05) is 52.1 Å². The van der Waals surface area contributed by atoms with Crippen molar-refractivity contribution in [2.24, 2.45) is 7.05 Å². The Kier molecular flexibility index (Phi) is 5.01. The van der Waals surface area contributed by atoms with Crippen molar-refractivity contribution < 1.29 is 9.53 Å². The van der Waals surface area contributed by atoms with Crippen LogP contribution in [0.1, 0.15) is 59.4 Å². The number of fused-ring (bicyclic) bond motifs is 7. The molecule has 1 aromatic heterocycles. The predicted molar refractivity (Wildman–Crippen MR) is 127 cm³/mol. The number of allylic oxidation sites excluding steroid dienone is 2. The highest BCUT2D eigenvalue weighted by Crippen LogP contribution is 2.54. The summed E-state index contributed by atoms with van der Waals surface area (Å²) in [6.45, 7) is 6.42. The van der Waals surface area contributed by atoms with Crippen molar-refractivity contribution in [3.05, 3.63) is 56.9 Å². The topological polar surface area (TPSA) is 71.1 Å². The number of hydrogen-bond acceptors (Lipinski definition) is 5. The average molecular weight is 493 g/mol. The standard InChI is InChI=1S/C25H25BrN4O2/c1-5-32-25(31)23-17(11-27)22-16-10-14(26)6-9-20(16)30(13(2)3)24(22)15-7-8-19-18(21(15)23)12-29(4)28-19/h6,9-10,12-13,16,20H,5,7-8H2,1-4H3. The molecule has 0 spiro atoms. The van der Waals surface area contributed by atoms with Gasteiger partial charge in [0.1, 0.15) is 6.07 Å². The van der Waals surface area contributed by atoms with Crippen LogP contribution >= 0.6 is 15.9 Å². The number of anilines is 1. The Labute approximate surface area is 196 Å².